The molecule has 4 rings (SSSR count). The molecular weight excluding hydrogens is 564 g/mol. The Morgan fingerprint density at radius 1 is 1.24 bits per heavy atom. The topological polar surface area (TPSA) is 120 Å². The Bertz CT molecular complexity index is 1380. The van der Waals surface area contributed by atoms with Gasteiger partial charge in [0.15, 0.2) is 11.5 Å². The normalized spacial score (nSPS) is 21.1. The van der Waals surface area contributed by atoms with Crippen LogP contribution in [-0.2, 0) is 16.0 Å². The minimum absolute atomic E-state index is 0.0135. The number of carbonyl (C=O) groups is 2. The van der Waals surface area contributed by atoms with Crippen molar-refractivity contribution >= 4 is 12.1 Å². The third kappa shape index (κ3) is 7.42. The zero-order valence-corrected chi connectivity index (χ0v) is 23.5. The van der Waals surface area contributed by atoms with Crippen LogP contribution in [0, 0.1) is 11.3 Å². The summed E-state index contributed by atoms with van der Waals surface area (Å²) in [5, 5.41) is 12.6. The van der Waals surface area contributed by atoms with Gasteiger partial charge < -0.3 is 29.1 Å². The lowest BCUT2D eigenvalue weighted by molar-refractivity contribution is -0.148. The molecule has 1 amide bonds. The summed E-state index contributed by atoms with van der Waals surface area (Å²) in [5.74, 6) is -2.48. The zero-order chi connectivity index (χ0) is 30.8. The van der Waals surface area contributed by atoms with Crippen LogP contribution >= 0.6 is 0 Å². The van der Waals surface area contributed by atoms with E-state index in [2.05, 4.69) is 15.0 Å². The number of carbonyl (C=O) groups excluding carboxylic acids is 1. The van der Waals surface area contributed by atoms with Crippen molar-refractivity contribution < 1.29 is 50.9 Å². The molecule has 13 heteroatoms. The van der Waals surface area contributed by atoms with Gasteiger partial charge in [-0.2, -0.15) is 8.78 Å². The third-order valence-electron chi connectivity index (χ3n) is 6.63. The molecule has 2 N–H and O–H groups in total. The standard InChI is InChI=1S/C29H32F4N2O7/c1-15(34-27(38)42-28(2,3)4)23-19(13-29(25(36)37)10-9-18(30)12-22(29)31)35-24(41-23)17-7-8-20(40-26(32)33)21(11-17)39-14-16-5-6-16/h7-12,15-16,22,26H,5-6,13-14H2,1-4H3,(H,34,38)(H,36,37)/t15?,22?,29-/m0/s1. The number of halogens is 4. The molecule has 2 aliphatic rings. The molecule has 1 aromatic carbocycles. The molecule has 2 aliphatic carbocycles. The average molecular weight is 597 g/mol. The van der Waals surface area contributed by atoms with E-state index in [-0.39, 0.29) is 41.0 Å². The highest BCUT2D eigenvalue weighted by molar-refractivity contribution is 5.80. The first-order valence-corrected chi connectivity index (χ1v) is 13.3. The number of aromatic nitrogens is 1. The second-order valence-electron chi connectivity index (χ2n) is 11.3. The fourth-order valence-electron chi connectivity index (χ4n) is 4.30. The molecule has 2 aromatic rings. The molecular formula is C29H32F4N2O7. The predicted molar refractivity (Wildman–Crippen MR) is 142 cm³/mol. The summed E-state index contributed by atoms with van der Waals surface area (Å²) in [6, 6.07) is 3.08. The molecule has 0 radical (unpaired) electrons. The monoisotopic (exact) mass is 596 g/mol. The minimum atomic E-state index is -3.10. The van der Waals surface area contributed by atoms with E-state index < -0.39 is 54.2 Å². The summed E-state index contributed by atoms with van der Waals surface area (Å²) in [7, 11) is 0. The number of allylic oxidation sites excluding steroid dienone is 3. The van der Waals surface area contributed by atoms with E-state index in [0.29, 0.717) is 12.0 Å². The molecule has 1 aromatic heterocycles. The predicted octanol–water partition coefficient (Wildman–Crippen LogP) is 6.69. The Labute approximate surface area is 239 Å². The smallest absolute Gasteiger partial charge is 0.408 e. The van der Waals surface area contributed by atoms with Crippen LogP contribution in [-0.4, -0.2) is 47.1 Å². The van der Waals surface area contributed by atoms with Gasteiger partial charge in [-0.3, -0.25) is 4.79 Å². The lowest BCUT2D eigenvalue weighted by Gasteiger charge is -2.30. The molecule has 3 atom stereocenters. The molecule has 228 valence electrons. The van der Waals surface area contributed by atoms with Crippen molar-refractivity contribution in [3.05, 3.63) is 53.7 Å². The van der Waals surface area contributed by atoms with E-state index >= 15 is 4.39 Å². The number of nitrogens with one attached hydrogen (secondary N) is 1. The van der Waals surface area contributed by atoms with Crippen LogP contribution in [0.1, 0.15) is 58.0 Å². The number of ether oxygens (including phenoxy) is 3. The van der Waals surface area contributed by atoms with Crippen LogP contribution in [0.5, 0.6) is 11.5 Å². The Morgan fingerprint density at radius 2 is 1.95 bits per heavy atom. The van der Waals surface area contributed by atoms with Gasteiger partial charge in [0.05, 0.1) is 18.3 Å². The van der Waals surface area contributed by atoms with Crippen molar-refractivity contribution in [1.29, 1.82) is 0 Å². The Morgan fingerprint density at radius 3 is 2.55 bits per heavy atom. The van der Waals surface area contributed by atoms with Crippen LogP contribution in [0.4, 0.5) is 22.4 Å². The summed E-state index contributed by atoms with van der Waals surface area (Å²) in [4.78, 5) is 29.2. The lowest BCUT2D eigenvalue weighted by Crippen LogP contribution is -2.41. The van der Waals surface area contributed by atoms with Crippen molar-refractivity contribution in [3.8, 4) is 23.0 Å². The van der Waals surface area contributed by atoms with Crippen LogP contribution in [0.25, 0.3) is 11.5 Å². The maximum absolute atomic E-state index is 15.1. The number of carboxylic acid groups (broad SMARTS) is 1. The van der Waals surface area contributed by atoms with Crippen molar-refractivity contribution in [2.24, 2.45) is 11.3 Å². The van der Waals surface area contributed by atoms with Crippen molar-refractivity contribution in [1.82, 2.24) is 10.3 Å². The number of alkyl halides is 3. The summed E-state index contributed by atoms with van der Waals surface area (Å²) in [5.41, 5.74) is -2.83. The SMILES string of the molecule is CC(NC(=O)OC(C)(C)C)c1oc(-c2ccc(OC(F)F)c(OCC3CC3)c2)nc1C[C@@]1(C(=O)O)C=CC(F)=CC1F. The molecule has 1 heterocycles. The summed E-state index contributed by atoms with van der Waals surface area (Å²) in [6.45, 7) is 3.72. The molecule has 0 bridgehead atoms. The van der Waals surface area contributed by atoms with Crippen molar-refractivity contribution in [3.63, 3.8) is 0 Å². The van der Waals surface area contributed by atoms with Crippen LogP contribution in [0.15, 0.2) is 46.7 Å². The molecule has 2 unspecified atom stereocenters. The number of alkyl carbamates (subject to hydrolysis) is 1. The number of carboxylic acids is 1. The van der Waals surface area contributed by atoms with Crippen LogP contribution in [0.3, 0.4) is 0 Å². The van der Waals surface area contributed by atoms with Gasteiger partial charge in [-0.25, -0.2) is 18.6 Å². The second-order valence-corrected chi connectivity index (χ2v) is 11.3. The van der Waals surface area contributed by atoms with Gasteiger partial charge in [-0.1, -0.05) is 6.08 Å². The highest BCUT2D eigenvalue weighted by Gasteiger charge is 2.47. The average Bonchev–Trinajstić information content (AvgIpc) is 3.61. The van der Waals surface area contributed by atoms with Gasteiger partial charge in [0.25, 0.3) is 0 Å². The number of benzene rings is 1. The van der Waals surface area contributed by atoms with Gasteiger partial charge in [0.2, 0.25) is 5.89 Å². The van der Waals surface area contributed by atoms with Gasteiger partial charge in [0.1, 0.15) is 28.8 Å². The van der Waals surface area contributed by atoms with E-state index in [9.17, 15) is 27.9 Å². The third-order valence-corrected chi connectivity index (χ3v) is 6.63. The summed E-state index contributed by atoms with van der Waals surface area (Å²) < 4.78 is 76.4. The lowest BCUT2D eigenvalue weighted by atomic mass is 9.75. The summed E-state index contributed by atoms with van der Waals surface area (Å²) in [6.07, 6.45) is 0.626. The summed E-state index contributed by atoms with van der Waals surface area (Å²) >= 11 is 0. The molecule has 0 aliphatic heterocycles. The first-order chi connectivity index (χ1) is 19.7. The second kappa shape index (κ2) is 12.1. The number of nitrogens with zero attached hydrogens (tertiary/aromatic N) is 1. The first-order valence-electron chi connectivity index (χ1n) is 13.3. The van der Waals surface area contributed by atoms with Gasteiger partial charge in [0, 0.05) is 12.0 Å². The number of rotatable bonds is 11. The van der Waals surface area contributed by atoms with Crippen LogP contribution in [0.2, 0.25) is 0 Å². The molecule has 0 spiro atoms. The minimum Gasteiger partial charge on any atom is -0.489 e. The maximum atomic E-state index is 15.1. The first kappa shape index (κ1) is 30.9. The van der Waals surface area contributed by atoms with E-state index in [1.54, 1.807) is 20.8 Å². The fourth-order valence-corrected chi connectivity index (χ4v) is 4.30. The molecule has 0 saturated heterocycles. The fraction of sp³-hybridized carbons (Fsp3) is 0.483. The Kier molecular flexibility index (Phi) is 8.88. The number of amides is 1. The van der Waals surface area contributed by atoms with Gasteiger partial charge >= 0.3 is 18.7 Å². The molecule has 42 heavy (non-hydrogen) atoms. The number of aliphatic carboxylic acids is 1. The van der Waals surface area contributed by atoms with Crippen molar-refractivity contribution in [2.45, 2.75) is 71.4 Å². The highest BCUT2D eigenvalue weighted by Crippen LogP contribution is 2.41. The zero-order valence-electron chi connectivity index (χ0n) is 23.5. The van der Waals surface area contributed by atoms with E-state index in [1.165, 1.54) is 25.1 Å². The van der Waals surface area contributed by atoms with Crippen LogP contribution < -0.4 is 14.8 Å². The number of hydrogen-bond acceptors (Lipinski definition) is 7. The van der Waals surface area contributed by atoms with Crippen molar-refractivity contribution in [2.75, 3.05) is 6.61 Å². The molecule has 1 saturated carbocycles. The Balaban J connectivity index is 1.74. The van der Waals surface area contributed by atoms with E-state index in [1.807, 2.05) is 0 Å². The largest absolute Gasteiger partial charge is 0.489 e. The van der Waals surface area contributed by atoms with Gasteiger partial charge in [-0.05, 0) is 76.8 Å². The Hall–Kier alpha value is -4.03. The maximum Gasteiger partial charge on any atom is 0.408 e. The van der Waals surface area contributed by atoms with E-state index in [0.717, 1.165) is 25.0 Å². The molecule has 9 nitrogen and oxygen atoms in total. The molecule has 1 fully saturated rings. The van der Waals surface area contributed by atoms with Gasteiger partial charge in [-0.15, -0.1) is 0 Å². The van der Waals surface area contributed by atoms with E-state index in [4.69, 9.17) is 13.9 Å². The number of hydrogen-bond donors (Lipinski definition) is 2. The quantitative estimate of drug-likeness (QED) is 0.275. The number of oxazole rings is 1. The highest BCUT2D eigenvalue weighted by atomic mass is 19.3.